The van der Waals surface area contributed by atoms with Crippen molar-refractivity contribution in [2.45, 2.75) is 117 Å². The second-order valence-corrected chi connectivity index (χ2v) is 13.2. The lowest BCUT2D eigenvalue weighted by Crippen LogP contribution is -2.62. The lowest BCUT2D eigenvalue weighted by Gasteiger charge is -2.63. The van der Waals surface area contributed by atoms with Crippen molar-refractivity contribution < 1.29 is 34.4 Å². The van der Waals surface area contributed by atoms with E-state index in [4.69, 9.17) is 9.47 Å². The maximum atomic E-state index is 12.3. The fourth-order valence-electron chi connectivity index (χ4n) is 9.19. The minimum Gasteiger partial charge on any atom is -0.460 e. The molecule has 4 rings (SSSR count). The maximum Gasteiger partial charge on any atom is 0.344 e. The Labute approximate surface area is 216 Å². The van der Waals surface area contributed by atoms with Gasteiger partial charge in [-0.25, -0.2) is 4.79 Å². The average Bonchev–Trinajstić information content (AvgIpc) is 3.16. The van der Waals surface area contributed by atoms with Crippen LogP contribution in [0.3, 0.4) is 0 Å². The Morgan fingerprint density at radius 2 is 1.67 bits per heavy atom. The van der Waals surface area contributed by atoms with E-state index in [1.807, 2.05) is 0 Å². The van der Waals surface area contributed by atoms with Gasteiger partial charge in [0.15, 0.2) is 6.61 Å². The zero-order chi connectivity index (χ0) is 26.4. The van der Waals surface area contributed by atoms with E-state index in [2.05, 4.69) is 20.8 Å². The zero-order valence-electron chi connectivity index (χ0n) is 22.8. The molecular weight excluding hydrogens is 460 g/mol. The third kappa shape index (κ3) is 4.96. The summed E-state index contributed by atoms with van der Waals surface area (Å²) in [7, 11) is 0. The summed E-state index contributed by atoms with van der Waals surface area (Å²) < 4.78 is 10.1. The largest absolute Gasteiger partial charge is 0.460 e. The van der Waals surface area contributed by atoms with Gasteiger partial charge in [-0.15, -0.1) is 0 Å². The van der Waals surface area contributed by atoms with Crippen LogP contribution in [0, 0.1) is 46.3 Å². The van der Waals surface area contributed by atoms with E-state index in [0.717, 1.165) is 38.5 Å². The quantitative estimate of drug-likeness (QED) is 0.448. The van der Waals surface area contributed by atoms with E-state index < -0.39 is 18.0 Å². The summed E-state index contributed by atoms with van der Waals surface area (Å²) in [6.45, 7) is 9.88. The molecule has 4 saturated carbocycles. The van der Waals surface area contributed by atoms with Crippen LogP contribution in [0.1, 0.15) is 92.4 Å². The first kappa shape index (κ1) is 27.8. The van der Waals surface area contributed by atoms with Crippen molar-refractivity contribution in [2.24, 2.45) is 46.3 Å². The van der Waals surface area contributed by atoms with Crippen LogP contribution in [0.15, 0.2) is 0 Å². The van der Waals surface area contributed by atoms with Crippen molar-refractivity contribution in [3.05, 3.63) is 0 Å². The number of hydrogen-bond acceptors (Lipinski definition) is 7. The first-order chi connectivity index (χ1) is 16.9. The number of esters is 2. The summed E-state index contributed by atoms with van der Waals surface area (Å²) in [6, 6.07) is 0. The second-order valence-electron chi connectivity index (χ2n) is 13.2. The van der Waals surface area contributed by atoms with Gasteiger partial charge in [-0.3, -0.25) is 4.79 Å². The van der Waals surface area contributed by atoms with Crippen LogP contribution in [0.2, 0.25) is 0 Å². The molecular formula is C29H48O7. The Bertz CT molecular complexity index is 813. The highest BCUT2D eigenvalue weighted by Crippen LogP contribution is 2.68. The minimum absolute atomic E-state index is 0.0651. The zero-order valence-corrected chi connectivity index (χ0v) is 22.8. The SMILES string of the molecule is CC(C)OC(=O)COC(=O)CCC(C)C1CCC2C3C(O)CC4CC(O)CCC4(C)C3CC(O)C12C. The number of aliphatic hydroxyl groups excluding tert-OH is 3. The number of ether oxygens (including phenoxy) is 2. The first-order valence-electron chi connectivity index (χ1n) is 14.3. The molecule has 11 unspecified atom stereocenters. The van der Waals surface area contributed by atoms with Gasteiger partial charge in [0.2, 0.25) is 0 Å². The summed E-state index contributed by atoms with van der Waals surface area (Å²) in [5.74, 6) is 0.591. The van der Waals surface area contributed by atoms with Crippen molar-refractivity contribution in [1.82, 2.24) is 0 Å². The Morgan fingerprint density at radius 3 is 2.36 bits per heavy atom. The molecule has 36 heavy (non-hydrogen) atoms. The molecule has 3 N–H and O–H groups in total. The molecule has 0 spiro atoms. The molecule has 7 nitrogen and oxygen atoms in total. The van der Waals surface area contributed by atoms with Gasteiger partial charge in [-0.1, -0.05) is 20.8 Å². The molecule has 0 amide bonds. The molecule has 0 heterocycles. The van der Waals surface area contributed by atoms with Crippen LogP contribution in [-0.4, -0.2) is 58.3 Å². The number of rotatable bonds is 7. The summed E-state index contributed by atoms with van der Waals surface area (Å²) >= 11 is 0. The van der Waals surface area contributed by atoms with Crippen LogP contribution in [-0.2, 0) is 19.1 Å². The van der Waals surface area contributed by atoms with Crippen LogP contribution in [0.5, 0.6) is 0 Å². The van der Waals surface area contributed by atoms with E-state index in [9.17, 15) is 24.9 Å². The average molecular weight is 509 g/mol. The number of aliphatic hydroxyl groups is 3. The standard InChI is InChI=1S/C29H48O7/c1-16(2)36-26(34)15-35-25(33)9-6-17(3)20-7-8-21-27-22(14-24(32)29(20,21)5)28(4)11-10-19(30)12-18(28)13-23(27)31/h16-24,27,30-32H,6-15H2,1-5H3. The number of hydrogen-bond donors (Lipinski definition) is 3. The predicted octanol–water partition coefficient (Wildman–Crippen LogP) is 3.86. The van der Waals surface area contributed by atoms with Gasteiger partial charge in [0, 0.05) is 6.42 Å². The van der Waals surface area contributed by atoms with Crippen molar-refractivity contribution in [3.63, 3.8) is 0 Å². The van der Waals surface area contributed by atoms with Crippen molar-refractivity contribution in [1.29, 1.82) is 0 Å². The fraction of sp³-hybridized carbons (Fsp3) is 0.931. The minimum atomic E-state index is -0.535. The van der Waals surface area contributed by atoms with Crippen molar-refractivity contribution >= 4 is 11.9 Å². The molecule has 0 aromatic carbocycles. The Balaban J connectivity index is 1.41. The van der Waals surface area contributed by atoms with Gasteiger partial charge in [0.1, 0.15) is 0 Å². The summed E-state index contributed by atoms with van der Waals surface area (Å²) in [4.78, 5) is 23.9. The number of carbonyl (C=O) groups excluding carboxylic acids is 2. The summed E-state index contributed by atoms with van der Waals surface area (Å²) in [5, 5.41) is 33.3. The number of fused-ring (bicyclic) bond motifs is 5. The van der Waals surface area contributed by atoms with Crippen LogP contribution < -0.4 is 0 Å². The molecule has 0 aromatic rings. The molecule has 0 bridgehead atoms. The first-order valence-corrected chi connectivity index (χ1v) is 14.3. The van der Waals surface area contributed by atoms with Crippen LogP contribution in [0.25, 0.3) is 0 Å². The topological polar surface area (TPSA) is 113 Å². The Morgan fingerprint density at radius 1 is 0.944 bits per heavy atom. The molecule has 0 radical (unpaired) electrons. The van der Waals surface area contributed by atoms with Gasteiger partial charge in [-0.2, -0.15) is 0 Å². The summed E-state index contributed by atoms with van der Waals surface area (Å²) in [5.41, 5.74) is -0.223. The molecule has 0 aromatic heterocycles. The van der Waals surface area contributed by atoms with Crippen LogP contribution in [0.4, 0.5) is 0 Å². The van der Waals surface area contributed by atoms with E-state index >= 15 is 0 Å². The van der Waals surface area contributed by atoms with Crippen molar-refractivity contribution in [3.8, 4) is 0 Å². The lowest BCUT2D eigenvalue weighted by molar-refractivity contribution is -0.207. The summed E-state index contributed by atoms with van der Waals surface area (Å²) in [6.07, 6.45) is 5.54. The second kappa shape index (κ2) is 10.5. The van der Waals surface area contributed by atoms with Crippen molar-refractivity contribution in [2.75, 3.05) is 6.61 Å². The number of carbonyl (C=O) groups is 2. The predicted molar refractivity (Wildman–Crippen MR) is 135 cm³/mol. The normalized spacial score (nSPS) is 44.8. The third-order valence-electron chi connectivity index (χ3n) is 11.0. The molecule has 4 aliphatic carbocycles. The Hall–Kier alpha value is -1.18. The highest BCUT2D eigenvalue weighted by Gasteiger charge is 2.65. The third-order valence-corrected chi connectivity index (χ3v) is 11.0. The fourth-order valence-corrected chi connectivity index (χ4v) is 9.19. The van der Waals surface area contributed by atoms with E-state index in [1.54, 1.807) is 13.8 Å². The highest BCUT2D eigenvalue weighted by molar-refractivity contribution is 5.76. The van der Waals surface area contributed by atoms with Crippen LogP contribution >= 0.6 is 0 Å². The van der Waals surface area contributed by atoms with E-state index in [-0.39, 0.29) is 71.8 Å². The van der Waals surface area contributed by atoms with E-state index in [1.165, 1.54) is 0 Å². The van der Waals surface area contributed by atoms with E-state index in [0.29, 0.717) is 18.8 Å². The van der Waals surface area contributed by atoms with Gasteiger partial charge < -0.3 is 24.8 Å². The molecule has 7 heteroatoms. The maximum absolute atomic E-state index is 12.3. The highest BCUT2D eigenvalue weighted by atomic mass is 16.6. The molecule has 206 valence electrons. The molecule has 11 atom stereocenters. The van der Waals surface area contributed by atoms with Gasteiger partial charge in [-0.05, 0) is 112 Å². The molecule has 4 aliphatic rings. The smallest absolute Gasteiger partial charge is 0.344 e. The van der Waals surface area contributed by atoms with Gasteiger partial charge >= 0.3 is 11.9 Å². The molecule has 0 saturated heterocycles. The lowest BCUT2D eigenvalue weighted by atomic mass is 9.43. The molecule has 4 fully saturated rings. The van der Waals surface area contributed by atoms with Gasteiger partial charge in [0.05, 0.1) is 24.4 Å². The Kier molecular flexibility index (Phi) is 8.14. The monoisotopic (exact) mass is 508 g/mol. The van der Waals surface area contributed by atoms with Gasteiger partial charge in [0.25, 0.3) is 0 Å². The molecule has 0 aliphatic heterocycles.